The summed E-state index contributed by atoms with van der Waals surface area (Å²) in [5, 5.41) is 10.5. The molecule has 0 saturated carbocycles. The van der Waals surface area contributed by atoms with E-state index < -0.39 is 5.97 Å². The van der Waals surface area contributed by atoms with E-state index in [1.807, 2.05) is 12.1 Å². The summed E-state index contributed by atoms with van der Waals surface area (Å²) in [6.45, 7) is -0.225. The van der Waals surface area contributed by atoms with Crippen molar-refractivity contribution < 1.29 is 14.6 Å². The van der Waals surface area contributed by atoms with Crippen molar-refractivity contribution >= 4 is 33.7 Å². The van der Waals surface area contributed by atoms with Gasteiger partial charge in [0.2, 0.25) is 0 Å². The van der Waals surface area contributed by atoms with Gasteiger partial charge in [-0.2, -0.15) is 0 Å². The van der Waals surface area contributed by atoms with Crippen LogP contribution in [0.25, 0.3) is 21.9 Å². The number of nitrogen functional groups attached to an aromatic ring is 1. The third-order valence-corrected chi connectivity index (χ3v) is 3.16. The van der Waals surface area contributed by atoms with Crippen molar-refractivity contribution in [3.05, 3.63) is 24.5 Å². The van der Waals surface area contributed by atoms with Gasteiger partial charge >= 0.3 is 5.97 Å². The standard InChI is InChI=1S/C13H12N4O3/c1-20-8-4-2-3-7-10-12(14)15-6-16-13(10)17(11(7)8)5-9(18)19/h2-4,6H,5H2,1H3,(H,18,19)(H2,14,15,16). The number of rotatable bonds is 3. The van der Waals surface area contributed by atoms with Crippen molar-refractivity contribution in [1.29, 1.82) is 0 Å². The summed E-state index contributed by atoms with van der Waals surface area (Å²) in [6.07, 6.45) is 1.32. The second kappa shape index (κ2) is 4.37. The first kappa shape index (κ1) is 12.2. The fraction of sp³-hybridized carbons (Fsp3) is 0.154. The first-order valence-corrected chi connectivity index (χ1v) is 5.90. The SMILES string of the molecule is COc1cccc2c3c(N)ncnc3n(CC(=O)O)c12. The highest BCUT2D eigenvalue weighted by molar-refractivity contribution is 6.13. The van der Waals surface area contributed by atoms with E-state index in [0.29, 0.717) is 28.1 Å². The van der Waals surface area contributed by atoms with Crippen LogP contribution < -0.4 is 10.5 Å². The summed E-state index contributed by atoms with van der Waals surface area (Å²) in [7, 11) is 1.53. The number of nitrogens with two attached hydrogens (primary N) is 1. The number of aliphatic carboxylic acids is 1. The highest BCUT2D eigenvalue weighted by Crippen LogP contribution is 2.35. The first-order valence-electron chi connectivity index (χ1n) is 5.90. The Hall–Kier alpha value is -2.83. The number of benzene rings is 1. The minimum absolute atomic E-state index is 0.225. The van der Waals surface area contributed by atoms with Crippen molar-refractivity contribution in [2.24, 2.45) is 0 Å². The molecule has 3 aromatic rings. The zero-order valence-corrected chi connectivity index (χ0v) is 10.7. The zero-order valence-electron chi connectivity index (χ0n) is 10.7. The first-order chi connectivity index (χ1) is 9.63. The van der Waals surface area contributed by atoms with Crippen LogP contribution in [-0.2, 0) is 11.3 Å². The molecule has 0 radical (unpaired) electrons. The Labute approximate surface area is 113 Å². The van der Waals surface area contributed by atoms with E-state index in [9.17, 15) is 4.79 Å². The highest BCUT2D eigenvalue weighted by Gasteiger charge is 2.19. The van der Waals surface area contributed by atoms with Gasteiger partial charge in [-0.05, 0) is 6.07 Å². The monoisotopic (exact) mass is 272 g/mol. The van der Waals surface area contributed by atoms with Crippen molar-refractivity contribution in [1.82, 2.24) is 14.5 Å². The van der Waals surface area contributed by atoms with Crippen LogP contribution in [0.2, 0.25) is 0 Å². The van der Waals surface area contributed by atoms with Crippen molar-refractivity contribution in [3.63, 3.8) is 0 Å². The number of anilines is 1. The van der Waals surface area contributed by atoms with Gasteiger partial charge in [-0.25, -0.2) is 9.97 Å². The third kappa shape index (κ3) is 1.63. The summed E-state index contributed by atoms with van der Waals surface area (Å²) in [4.78, 5) is 19.2. The fourth-order valence-corrected chi connectivity index (χ4v) is 2.41. The Bertz CT molecular complexity index is 825. The summed E-state index contributed by atoms with van der Waals surface area (Å²) in [5.74, 6) is -0.0783. The van der Waals surface area contributed by atoms with Crippen molar-refractivity contribution in [3.8, 4) is 5.75 Å². The van der Waals surface area contributed by atoms with E-state index in [1.54, 1.807) is 10.6 Å². The van der Waals surface area contributed by atoms with E-state index in [1.165, 1.54) is 13.4 Å². The molecule has 7 nitrogen and oxygen atoms in total. The molecule has 0 aliphatic carbocycles. The predicted molar refractivity (Wildman–Crippen MR) is 73.6 cm³/mol. The van der Waals surface area contributed by atoms with Crippen LogP contribution in [0.15, 0.2) is 24.5 Å². The largest absolute Gasteiger partial charge is 0.495 e. The summed E-state index contributed by atoms with van der Waals surface area (Å²) in [5.41, 5.74) is 7.04. The van der Waals surface area contributed by atoms with Gasteiger partial charge in [0.05, 0.1) is 18.0 Å². The van der Waals surface area contributed by atoms with Gasteiger partial charge in [-0.1, -0.05) is 12.1 Å². The van der Waals surface area contributed by atoms with Gasteiger partial charge < -0.3 is 20.1 Å². The normalized spacial score (nSPS) is 11.1. The van der Waals surface area contributed by atoms with E-state index >= 15 is 0 Å². The molecule has 102 valence electrons. The lowest BCUT2D eigenvalue weighted by atomic mass is 10.2. The molecule has 0 bridgehead atoms. The minimum atomic E-state index is -0.966. The number of methoxy groups -OCH3 is 1. The van der Waals surface area contributed by atoms with Gasteiger partial charge in [-0.15, -0.1) is 0 Å². The molecule has 0 unspecified atom stereocenters. The number of hydrogen-bond acceptors (Lipinski definition) is 5. The zero-order chi connectivity index (χ0) is 14.3. The number of carboxylic acids is 1. The molecule has 0 spiro atoms. The number of hydrogen-bond donors (Lipinski definition) is 2. The maximum atomic E-state index is 11.1. The van der Waals surface area contributed by atoms with Gasteiger partial charge in [0.25, 0.3) is 0 Å². The molecule has 0 amide bonds. The Morgan fingerprint density at radius 3 is 2.95 bits per heavy atom. The molecule has 3 rings (SSSR count). The number of para-hydroxylation sites is 1. The van der Waals surface area contributed by atoms with Gasteiger partial charge in [0.15, 0.2) is 0 Å². The summed E-state index contributed by atoms with van der Waals surface area (Å²) < 4.78 is 6.89. The summed E-state index contributed by atoms with van der Waals surface area (Å²) >= 11 is 0. The smallest absolute Gasteiger partial charge is 0.323 e. The van der Waals surface area contributed by atoms with Crippen LogP contribution in [0.3, 0.4) is 0 Å². The molecule has 20 heavy (non-hydrogen) atoms. The molecule has 0 atom stereocenters. The number of aromatic nitrogens is 3. The maximum absolute atomic E-state index is 11.1. The molecule has 7 heteroatoms. The molecule has 0 aliphatic heterocycles. The second-order valence-electron chi connectivity index (χ2n) is 4.29. The van der Waals surface area contributed by atoms with E-state index in [4.69, 9.17) is 15.6 Å². The number of carboxylic acid groups (broad SMARTS) is 1. The average Bonchev–Trinajstić information content (AvgIpc) is 2.74. The van der Waals surface area contributed by atoms with Crippen molar-refractivity contribution in [2.75, 3.05) is 12.8 Å². The fourth-order valence-electron chi connectivity index (χ4n) is 2.41. The predicted octanol–water partition coefficient (Wildman–Crippen LogP) is 1.26. The van der Waals surface area contributed by atoms with E-state index in [0.717, 1.165) is 5.39 Å². The van der Waals surface area contributed by atoms with Crippen LogP contribution in [0, 0.1) is 0 Å². The number of carbonyl (C=O) groups is 1. The Kier molecular flexibility index (Phi) is 2.67. The minimum Gasteiger partial charge on any atom is -0.495 e. The van der Waals surface area contributed by atoms with Crippen molar-refractivity contribution in [2.45, 2.75) is 6.54 Å². The van der Waals surface area contributed by atoms with Crippen LogP contribution in [0.4, 0.5) is 5.82 Å². The molecule has 3 N–H and O–H groups in total. The lowest BCUT2D eigenvalue weighted by Gasteiger charge is -2.06. The number of ether oxygens (including phenoxy) is 1. The molecule has 2 aromatic heterocycles. The lowest BCUT2D eigenvalue weighted by molar-refractivity contribution is -0.137. The number of fused-ring (bicyclic) bond motifs is 3. The molecule has 2 heterocycles. The quantitative estimate of drug-likeness (QED) is 0.744. The van der Waals surface area contributed by atoms with Crippen LogP contribution in [0.1, 0.15) is 0 Å². The Morgan fingerprint density at radius 1 is 1.45 bits per heavy atom. The molecular formula is C13H12N4O3. The van der Waals surface area contributed by atoms with E-state index in [-0.39, 0.29) is 6.54 Å². The Morgan fingerprint density at radius 2 is 2.25 bits per heavy atom. The summed E-state index contributed by atoms with van der Waals surface area (Å²) in [6, 6.07) is 5.43. The maximum Gasteiger partial charge on any atom is 0.323 e. The molecule has 0 saturated heterocycles. The number of nitrogens with zero attached hydrogens (tertiary/aromatic N) is 3. The molecular weight excluding hydrogens is 260 g/mol. The lowest BCUT2D eigenvalue weighted by Crippen LogP contribution is -2.09. The van der Waals surface area contributed by atoms with Crippen LogP contribution in [0.5, 0.6) is 5.75 Å². The second-order valence-corrected chi connectivity index (χ2v) is 4.29. The van der Waals surface area contributed by atoms with Gasteiger partial charge in [0.1, 0.15) is 30.1 Å². The highest BCUT2D eigenvalue weighted by atomic mass is 16.5. The third-order valence-electron chi connectivity index (χ3n) is 3.16. The van der Waals surface area contributed by atoms with Crippen LogP contribution in [-0.4, -0.2) is 32.7 Å². The molecule has 1 aromatic carbocycles. The van der Waals surface area contributed by atoms with Gasteiger partial charge in [0, 0.05) is 5.39 Å². The van der Waals surface area contributed by atoms with Gasteiger partial charge in [-0.3, -0.25) is 4.79 Å². The molecule has 0 fully saturated rings. The van der Waals surface area contributed by atoms with Crippen LogP contribution >= 0.6 is 0 Å². The molecule has 0 aliphatic rings. The van der Waals surface area contributed by atoms with E-state index in [2.05, 4.69) is 9.97 Å². The Balaban J connectivity index is 2.53. The average molecular weight is 272 g/mol. The topological polar surface area (TPSA) is 103 Å².